The number of fused-ring (bicyclic) bond motifs is 1. The van der Waals surface area contributed by atoms with Gasteiger partial charge in [0, 0.05) is 57.7 Å². The van der Waals surface area contributed by atoms with Crippen LogP contribution in [0, 0.1) is 0 Å². The lowest BCUT2D eigenvalue weighted by molar-refractivity contribution is 0.0817. The fraction of sp³-hybridized carbons (Fsp3) is 0.500. The first-order valence-corrected chi connectivity index (χ1v) is 16.7. The highest BCUT2D eigenvalue weighted by molar-refractivity contribution is 6.76. The SMILES string of the molecule is CC(C)(F)C1CN(c2ncc(-c3ccc(-n4cccn4)c4c3cnn4COCC[Si](C)(C)C)nn2)CCN1. The number of hydrogen-bond donors (Lipinski definition) is 1. The average molecular weight is 538 g/mol. The van der Waals surface area contributed by atoms with Gasteiger partial charge in [-0.25, -0.2) is 18.7 Å². The van der Waals surface area contributed by atoms with Gasteiger partial charge in [-0.1, -0.05) is 19.6 Å². The Kier molecular flexibility index (Phi) is 7.29. The van der Waals surface area contributed by atoms with Crippen molar-refractivity contribution < 1.29 is 9.13 Å². The molecule has 1 aliphatic heterocycles. The van der Waals surface area contributed by atoms with E-state index in [4.69, 9.17) is 4.74 Å². The highest BCUT2D eigenvalue weighted by atomic mass is 28.3. The van der Waals surface area contributed by atoms with Gasteiger partial charge in [0.15, 0.2) is 0 Å². The molecule has 202 valence electrons. The van der Waals surface area contributed by atoms with Crippen LogP contribution in [0.4, 0.5) is 10.3 Å². The number of aromatic nitrogens is 7. The van der Waals surface area contributed by atoms with Crippen LogP contribution in [0.15, 0.2) is 43.0 Å². The fourth-order valence-electron chi connectivity index (χ4n) is 4.56. The van der Waals surface area contributed by atoms with Crippen molar-refractivity contribution in [3.05, 3.63) is 43.0 Å². The van der Waals surface area contributed by atoms with E-state index in [0.29, 0.717) is 44.6 Å². The molecule has 10 nitrogen and oxygen atoms in total. The number of ether oxygens (including phenoxy) is 1. The molecule has 0 spiro atoms. The third-order valence-corrected chi connectivity index (χ3v) is 8.56. The van der Waals surface area contributed by atoms with Crippen LogP contribution >= 0.6 is 0 Å². The van der Waals surface area contributed by atoms with E-state index in [1.165, 1.54) is 0 Å². The molecule has 0 aliphatic carbocycles. The minimum Gasteiger partial charge on any atom is -0.360 e. The summed E-state index contributed by atoms with van der Waals surface area (Å²) in [6.45, 7) is 13.1. The van der Waals surface area contributed by atoms with Crippen molar-refractivity contribution in [2.24, 2.45) is 0 Å². The summed E-state index contributed by atoms with van der Waals surface area (Å²) in [5, 5.41) is 22.2. The van der Waals surface area contributed by atoms with Gasteiger partial charge >= 0.3 is 0 Å². The number of hydrogen-bond acceptors (Lipinski definition) is 8. The van der Waals surface area contributed by atoms with E-state index in [0.717, 1.165) is 28.2 Å². The quantitative estimate of drug-likeness (QED) is 0.253. The molecule has 4 aromatic rings. The minimum absolute atomic E-state index is 0.298. The second kappa shape index (κ2) is 10.5. The maximum atomic E-state index is 14.5. The Labute approximate surface area is 223 Å². The number of nitrogens with one attached hydrogen (secondary N) is 1. The number of benzene rings is 1. The second-order valence-corrected chi connectivity index (χ2v) is 17.1. The molecule has 0 amide bonds. The summed E-state index contributed by atoms with van der Waals surface area (Å²) < 4.78 is 24.2. The topological polar surface area (TPSA) is 98.8 Å². The lowest BCUT2D eigenvalue weighted by atomic mass is 9.99. The van der Waals surface area contributed by atoms with Crippen molar-refractivity contribution in [1.29, 1.82) is 0 Å². The summed E-state index contributed by atoms with van der Waals surface area (Å²) >= 11 is 0. The maximum Gasteiger partial charge on any atom is 0.245 e. The number of piperazine rings is 1. The van der Waals surface area contributed by atoms with Gasteiger partial charge in [-0.05, 0) is 38.1 Å². The van der Waals surface area contributed by atoms with Crippen molar-refractivity contribution in [2.45, 2.75) is 58.0 Å². The zero-order valence-electron chi connectivity index (χ0n) is 22.7. The summed E-state index contributed by atoms with van der Waals surface area (Å²) in [4.78, 5) is 6.58. The van der Waals surface area contributed by atoms with Crippen molar-refractivity contribution in [2.75, 3.05) is 31.1 Å². The van der Waals surface area contributed by atoms with Crippen molar-refractivity contribution in [3.8, 4) is 16.9 Å². The molecule has 1 saturated heterocycles. The van der Waals surface area contributed by atoms with Crippen LogP contribution in [-0.2, 0) is 11.5 Å². The van der Waals surface area contributed by atoms with E-state index >= 15 is 0 Å². The first-order valence-electron chi connectivity index (χ1n) is 13.0. The Morgan fingerprint density at radius 3 is 2.68 bits per heavy atom. The third-order valence-electron chi connectivity index (χ3n) is 6.85. The molecule has 1 atom stereocenters. The molecule has 1 aromatic carbocycles. The molecular weight excluding hydrogens is 501 g/mol. The van der Waals surface area contributed by atoms with E-state index in [1.54, 1.807) is 26.2 Å². The smallest absolute Gasteiger partial charge is 0.245 e. The highest BCUT2D eigenvalue weighted by Gasteiger charge is 2.33. The van der Waals surface area contributed by atoms with E-state index in [1.807, 2.05) is 44.9 Å². The summed E-state index contributed by atoms with van der Waals surface area (Å²) in [7, 11) is -1.19. The van der Waals surface area contributed by atoms with Crippen molar-refractivity contribution >= 4 is 24.9 Å². The van der Waals surface area contributed by atoms with Gasteiger partial charge < -0.3 is 15.0 Å². The Balaban J connectivity index is 1.43. The first-order chi connectivity index (χ1) is 18.1. The van der Waals surface area contributed by atoms with Crippen LogP contribution in [0.3, 0.4) is 0 Å². The lowest BCUT2D eigenvalue weighted by Gasteiger charge is -2.38. The zero-order valence-corrected chi connectivity index (χ0v) is 23.7. The van der Waals surface area contributed by atoms with Crippen molar-refractivity contribution in [1.82, 2.24) is 40.1 Å². The number of anilines is 1. The summed E-state index contributed by atoms with van der Waals surface area (Å²) in [6, 6.07) is 6.69. The number of nitrogens with zero attached hydrogens (tertiary/aromatic N) is 8. The average Bonchev–Trinajstić information content (AvgIpc) is 3.56. The molecule has 1 aliphatic rings. The molecule has 3 aromatic heterocycles. The Morgan fingerprint density at radius 2 is 2.00 bits per heavy atom. The number of halogens is 1. The van der Waals surface area contributed by atoms with E-state index in [-0.39, 0.29) is 6.04 Å². The van der Waals surface area contributed by atoms with Gasteiger partial charge in [0.25, 0.3) is 0 Å². The standard InChI is InChI=1S/C26H36FN9OSi/c1-26(2,27)23-17-34(12-10-28-23)25-29-16-21(32-33-25)19-7-8-22(35-11-6-9-30-35)24-20(19)15-31-36(24)18-37-13-14-38(3,4)5/h6-9,11,15-16,23,28H,10,12-14,17-18H2,1-5H3. The summed E-state index contributed by atoms with van der Waals surface area (Å²) in [5.41, 5.74) is 1.98. The molecule has 0 radical (unpaired) electrons. The molecule has 5 rings (SSSR count). The summed E-state index contributed by atoms with van der Waals surface area (Å²) in [6.07, 6.45) is 7.22. The fourth-order valence-corrected chi connectivity index (χ4v) is 5.32. The molecular formula is C26H36FN9OSi. The van der Waals surface area contributed by atoms with Gasteiger partial charge in [0.2, 0.25) is 5.95 Å². The van der Waals surface area contributed by atoms with Gasteiger partial charge in [-0.3, -0.25) is 0 Å². The van der Waals surface area contributed by atoms with Crippen LogP contribution in [0.5, 0.6) is 0 Å². The molecule has 0 saturated carbocycles. The van der Waals surface area contributed by atoms with Crippen LogP contribution in [-0.4, -0.2) is 80.8 Å². The number of rotatable bonds is 9. The van der Waals surface area contributed by atoms with Crippen LogP contribution in [0.1, 0.15) is 13.8 Å². The Morgan fingerprint density at radius 1 is 1.16 bits per heavy atom. The molecule has 12 heteroatoms. The van der Waals surface area contributed by atoms with Crippen LogP contribution < -0.4 is 10.2 Å². The summed E-state index contributed by atoms with van der Waals surface area (Å²) in [5.74, 6) is 0.500. The molecule has 0 bridgehead atoms. The predicted octanol–water partition coefficient (Wildman–Crippen LogP) is 3.91. The molecule has 1 fully saturated rings. The lowest BCUT2D eigenvalue weighted by Crippen LogP contribution is -2.58. The Hall–Kier alpha value is -3.22. The number of alkyl halides is 1. The van der Waals surface area contributed by atoms with Gasteiger partial charge in [-0.2, -0.15) is 10.2 Å². The highest BCUT2D eigenvalue weighted by Crippen LogP contribution is 2.31. The second-order valence-electron chi connectivity index (χ2n) is 11.5. The molecule has 38 heavy (non-hydrogen) atoms. The van der Waals surface area contributed by atoms with E-state index in [2.05, 4.69) is 50.3 Å². The zero-order chi connectivity index (χ0) is 26.9. The van der Waals surface area contributed by atoms with Crippen LogP contribution in [0.2, 0.25) is 25.7 Å². The molecule has 1 N–H and O–H groups in total. The molecule has 4 heterocycles. The normalized spacial score (nSPS) is 16.9. The minimum atomic E-state index is -1.34. The third kappa shape index (κ3) is 5.76. The first kappa shape index (κ1) is 26.4. The van der Waals surface area contributed by atoms with Gasteiger partial charge in [0.05, 0.1) is 29.6 Å². The van der Waals surface area contributed by atoms with Crippen LogP contribution in [0.25, 0.3) is 27.8 Å². The Bertz CT molecular complexity index is 1360. The van der Waals surface area contributed by atoms with Gasteiger partial charge in [-0.15, -0.1) is 10.2 Å². The monoisotopic (exact) mass is 537 g/mol. The van der Waals surface area contributed by atoms with E-state index < -0.39 is 13.7 Å². The van der Waals surface area contributed by atoms with Crippen molar-refractivity contribution in [3.63, 3.8) is 0 Å². The van der Waals surface area contributed by atoms with E-state index in [9.17, 15) is 4.39 Å². The maximum absolute atomic E-state index is 14.5. The molecule has 1 unspecified atom stereocenters. The predicted molar refractivity (Wildman–Crippen MR) is 149 cm³/mol. The largest absolute Gasteiger partial charge is 0.360 e. The van der Waals surface area contributed by atoms with Gasteiger partial charge in [0.1, 0.15) is 18.1 Å².